The quantitative estimate of drug-likeness (QED) is 0.749. The van der Waals surface area contributed by atoms with Gasteiger partial charge in [-0.05, 0) is 24.6 Å². The van der Waals surface area contributed by atoms with Gasteiger partial charge in [-0.25, -0.2) is 0 Å². The predicted molar refractivity (Wildman–Crippen MR) is 74.4 cm³/mol. The number of carbonyl (C=O) groups excluding carboxylic acids is 1. The first-order valence-electron chi connectivity index (χ1n) is 6.01. The van der Waals surface area contributed by atoms with Gasteiger partial charge in [0, 0.05) is 12.2 Å². The van der Waals surface area contributed by atoms with Crippen LogP contribution in [0.2, 0.25) is 5.02 Å². The minimum Gasteiger partial charge on any atom is -0.495 e. The fraction of sp³-hybridized carbons (Fsp3) is 0.462. The van der Waals surface area contributed by atoms with Gasteiger partial charge in [0.1, 0.15) is 5.75 Å². The monoisotopic (exact) mass is 270 g/mol. The maximum Gasteiger partial charge on any atom is 0.239 e. The lowest BCUT2D eigenvalue weighted by atomic mass is 10.3. The van der Waals surface area contributed by atoms with E-state index in [9.17, 15) is 4.79 Å². The molecule has 0 atom stereocenters. The highest BCUT2D eigenvalue weighted by molar-refractivity contribution is 6.32. The van der Waals surface area contributed by atoms with Crippen LogP contribution in [0.4, 0.5) is 5.69 Å². The summed E-state index contributed by atoms with van der Waals surface area (Å²) in [6.45, 7) is 3.05. The highest BCUT2D eigenvalue weighted by atomic mass is 35.5. The molecule has 0 aliphatic rings. The maximum absolute atomic E-state index is 11.5. The summed E-state index contributed by atoms with van der Waals surface area (Å²) < 4.78 is 5.05. The lowest BCUT2D eigenvalue weighted by Gasteiger charge is -2.09. The van der Waals surface area contributed by atoms with Gasteiger partial charge in [-0.3, -0.25) is 4.79 Å². The molecule has 0 saturated carbocycles. The number of hydrogen-bond acceptors (Lipinski definition) is 3. The summed E-state index contributed by atoms with van der Waals surface area (Å²) in [5.41, 5.74) is 0.798. The summed E-state index contributed by atoms with van der Waals surface area (Å²) in [6, 6.07) is 5.32. The molecule has 0 saturated heterocycles. The van der Waals surface area contributed by atoms with E-state index in [1.165, 1.54) is 0 Å². The van der Waals surface area contributed by atoms with Crippen molar-refractivity contribution in [2.24, 2.45) is 0 Å². The molecule has 0 heterocycles. The van der Waals surface area contributed by atoms with Crippen molar-refractivity contribution in [3.05, 3.63) is 23.2 Å². The standard InChI is InChI=1S/C13H19ClN2O2/c1-3-4-7-15-13(17)9-16-10-5-6-12(18-2)11(14)8-10/h5-6,8,16H,3-4,7,9H2,1-2H3,(H,15,17). The smallest absolute Gasteiger partial charge is 0.239 e. The Kier molecular flexibility index (Phi) is 6.36. The number of hydrogen-bond donors (Lipinski definition) is 2. The van der Waals surface area contributed by atoms with Crippen LogP contribution >= 0.6 is 11.6 Å². The molecule has 0 spiro atoms. The largest absolute Gasteiger partial charge is 0.495 e. The van der Waals surface area contributed by atoms with Gasteiger partial charge >= 0.3 is 0 Å². The van der Waals surface area contributed by atoms with E-state index in [1.54, 1.807) is 19.2 Å². The van der Waals surface area contributed by atoms with Crippen LogP contribution in [0.15, 0.2) is 18.2 Å². The number of methoxy groups -OCH3 is 1. The second-order valence-electron chi connectivity index (χ2n) is 3.91. The summed E-state index contributed by atoms with van der Waals surface area (Å²) in [4.78, 5) is 11.5. The average molecular weight is 271 g/mol. The molecule has 0 aliphatic heterocycles. The Morgan fingerprint density at radius 2 is 2.22 bits per heavy atom. The Morgan fingerprint density at radius 3 is 2.83 bits per heavy atom. The number of anilines is 1. The van der Waals surface area contributed by atoms with Gasteiger partial charge in [-0.1, -0.05) is 24.9 Å². The zero-order chi connectivity index (χ0) is 13.4. The van der Waals surface area contributed by atoms with E-state index in [0.29, 0.717) is 10.8 Å². The SMILES string of the molecule is CCCCNC(=O)CNc1ccc(OC)c(Cl)c1. The number of halogens is 1. The van der Waals surface area contributed by atoms with Gasteiger partial charge in [0.15, 0.2) is 0 Å². The van der Waals surface area contributed by atoms with E-state index in [1.807, 2.05) is 6.07 Å². The Hall–Kier alpha value is -1.42. The first kappa shape index (κ1) is 14.6. The third-order valence-corrected chi connectivity index (χ3v) is 2.75. The van der Waals surface area contributed by atoms with Crippen LogP contribution in [0.25, 0.3) is 0 Å². The second kappa shape index (κ2) is 7.82. The average Bonchev–Trinajstić information content (AvgIpc) is 2.37. The van der Waals surface area contributed by atoms with Crippen molar-refractivity contribution in [3.8, 4) is 5.75 Å². The maximum atomic E-state index is 11.5. The Labute approximate surface area is 113 Å². The third-order valence-electron chi connectivity index (χ3n) is 2.46. The topological polar surface area (TPSA) is 50.4 Å². The van der Waals surface area contributed by atoms with Crippen molar-refractivity contribution >= 4 is 23.2 Å². The van der Waals surface area contributed by atoms with Gasteiger partial charge in [0.25, 0.3) is 0 Å². The van der Waals surface area contributed by atoms with Crippen LogP contribution in [-0.2, 0) is 4.79 Å². The Bertz CT molecular complexity index is 397. The van der Waals surface area contributed by atoms with Gasteiger partial charge < -0.3 is 15.4 Å². The molecule has 0 unspecified atom stereocenters. The molecule has 5 heteroatoms. The molecule has 1 rings (SSSR count). The molecular formula is C13H19ClN2O2. The highest BCUT2D eigenvalue weighted by Crippen LogP contribution is 2.26. The highest BCUT2D eigenvalue weighted by Gasteiger charge is 2.03. The molecule has 0 aliphatic carbocycles. The van der Waals surface area contributed by atoms with Crippen LogP contribution in [0.5, 0.6) is 5.75 Å². The number of ether oxygens (including phenoxy) is 1. The fourth-order valence-corrected chi connectivity index (χ4v) is 1.68. The first-order chi connectivity index (χ1) is 8.67. The number of amides is 1. The van der Waals surface area contributed by atoms with E-state index >= 15 is 0 Å². The van der Waals surface area contributed by atoms with E-state index in [-0.39, 0.29) is 12.5 Å². The number of rotatable bonds is 7. The van der Waals surface area contributed by atoms with Crippen molar-refractivity contribution < 1.29 is 9.53 Å². The van der Waals surface area contributed by atoms with Crippen molar-refractivity contribution in [2.45, 2.75) is 19.8 Å². The summed E-state index contributed by atoms with van der Waals surface area (Å²) in [5, 5.41) is 6.37. The lowest BCUT2D eigenvalue weighted by Crippen LogP contribution is -2.30. The minimum atomic E-state index is -0.0182. The van der Waals surface area contributed by atoms with E-state index < -0.39 is 0 Å². The van der Waals surface area contributed by atoms with E-state index in [2.05, 4.69) is 17.6 Å². The Balaban J connectivity index is 2.39. The van der Waals surface area contributed by atoms with Crippen molar-refractivity contribution in [1.29, 1.82) is 0 Å². The molecule has 0 aromatic heterocycles. The van der Waals surface area contributed by atoms with Crippen LogP contribution < -0.4 is 15.4 Å². The third kappa shape index (κ3) is 4.84. The Morgan fingerprint density at radius 1 is 1.44 bits per heavy atom. The van der Waals surface area contributed by atoms with Gasteiger partial charge in [-0.2, -0.15) is 0 Å². The fourth-order valence-electron chi connectivity index (χ4n) is 1.43. The summed E-state index contributed by atoms with van der Waals surface area (Å²) >= 11 is 5.98. The molecule has 0 radical (unpaired) electrons. The molecule has 4 nitrogen and oxygen atoms in total. The van der Waals surface area contributed by atoms with E-state index in [4.69, 9.17) is 16.3 Å². The number of benzene rings is 1. The normalized spacial score (nSPS) is 9.94. The molecule has 18 heavy (non-hydrogen) atoms. The van der Waals surface area contributed by atoms with E-state index in [0.717, 1.165) is 25.1 Å². The van der Waals surface area contributed by atoms with Crippen molar-refractivity contribution in [3.63, 3.8) is 0 Å². The molecular weight excluding hydrogens is 252 g/mol. The number of carbonyl (C=O) groups is 1. The zero-order valence-corrected chi connectivity index (χ0v) is 11.5. The van der Waals surface area contributed by atoms with Crippen molar-refractivity contribution in [2.75, 3.05) is 25.5 Å². The van der Waals surface area contributed by atoms with Crippen LogP contribution in [0, 0.1) is 0 Å². The van der Waals surface area contributed by atoms with Crippen LogP contribution in [0.3, 0.4) is 0 Å². The molecule has 100 valence electrons. The molecule has 1 aromatic rings. The summed E-state index contributed by atoms with van der Waals surface area (Å²) in [6.07, 6.45) is 2.07. The molecule has 0 bridgehead atoms. The second-order valence-corrected chi connectivity index (χ2v) is 4.31. The zero-order valence-electron chi connectivity index (χ0n) is 10.8. The van der Waals surface area contributed by atoms with Crippen LogP contribution in [-0.4, -0.2) is 26.1 Å². The number of nitrogens with one attached hydrogen (secondary N) is 2. The first-order valence-corrected chi connectivity index (χ1v) is 6.39. The summed E-state index contributed by atoms with van der Waals surface area (Å²) in [7, 11) is 1.56. The molecule has 1 amide bonds. The lowest BCUT2D eigenvalue weighted by molar-refractivity contribution is -0.119. The molecule has 1 aromatic carbocycles. The number of unbranched alkanes of at least 4 members (excludes halogenated alkanes) is 1. The molecule has 0 fully saturated rings. The van der Waals surface area contributed by atoms with Gasteiger partial charge in [0.05, 0.1) is 18.7 Å². The van der Waals surface area contributed by atoms with Gasteiger partial charge in [0.2, 0.25) is 5.91 Å². The van der Waals surface area contributed by atoms with Gasteiger partial charge in [-0.15, -0.1) is 0 Å². The minimum absolute atomic E-state index is 0.0182. The molecule has 2 N–H and O–H groups in total. The van der Waals surface area contributed by atoms with Crippen molar-refractivity contribution in [1.82, 2.24) is 5.32 Å². The summed E-state index contributed by atoms with van der Waals surface area (Å²) in [5.74, 6) is 0.602. The van der Waals surface area contributed by atoms with Crippen LogP contribution in [0.1, 0.15) is 19.8 Å². The predicted octanol–water partition coefficient (Wildman–Crippen LogP) is 2.68.